The molecule has 0 aliphatic carbocycles. The molecule has 0 radical (unpaired) electrons. The van der Waals surface area contributed by atoms with Crippen molar-refractivity contribution in [2.45, 2.75) is 26.6 Å². The zero-order valence-corrected chi connectivity index (χ0v) is 17.2. The fourth-order valence-electron chi connectivity index (χ4n) is 2.56. The van der Waals surface area contributed by atoms with Gasteiger partial charge in [0.1, 0.15) is 12.4 Å². The van der Waals surface area contributed by atoms with Crippen molar-refractivity contribution >= 4 is 21.8 Å². The zero-order valence-electron chi connectivity index (χ0n) is 15.7. The number of carbonyl (C=O) groups is 1. The van der Waals surface area contributed by atoms with E-state index in [4.69, 9.17) is 9.57 Å². The molecule has 3 rings (SSSR count). The fraction of sp³-hybridized carbons (Fsp3) is 0.174. The number of aryl methyl sites for hydroxylation is 1. The Hall–Kier alpha value is -2.63. The molecule has 0 spiro atoms. The Kier molecular flexibility index (Phi) is 7.23. The molecule has 5 heteroatoms. The monoisotopic (exact) mass is 439 g/mol. The summed E-state index contributed by atoms with van der Waals surface area (Å²) in [5.41, 5.74) is 6.72. The number of hydrogen-bond acceptors (Lipinski definition) is 3. The van der Waals surface area contributed by atoms with Crippen molar-refractivity contribution in [3.63, 3.8) is 0 Å². The molecule has 0 heterocycles. The van der Waals surface area contributed by atoms with Crippen molar-refractivity contribution < 1.29 is 14.4 Å². The van der Waals surface area contributed by atoms with Gasteiger partial charge in [0.25, 0.3) is 0 Å². The van der Waals surface area contributed by atoms with Crippen molar-refractivity contribution in [1.82, 2.24) is 5.48 Å². The standard InChI is InChI=1S/C23H22BrNO3/c1-17-2-4-19(5-3-17)15-27-22-12-8-20(9-13-22)16-28-25-23(26)14-18-6-10-21(24)11-7-18/h2-13H,14-16H2,1H3,(H,25,26). The molecule has 28 heavy (non-hydrogen) atoms. The van der Waals surface area contributed by atoms with Gasteiger partial charge in [-0.2, -0.15) is 0 Å². The van der Waals surface area contributed by atoms with E-state index in [9.17, 15) is 4.79 Å². The third-order valence-corrected chi connectivity index (χ3v) is 4.68. The van der Waals surface area contributed by atoms with E-state index >= 15 is 0 Å². The lowest BCUT2D eigenvalue weighted by Crippen LogP contribution is -2.25. The third-order valence-electron chi connectivity index (χ3n) is 4.15. The number of rotatable bonds is 8. The van der Waals surface area contributed by atoms with Crippen LogP contribution in [0.1, 0.15) is 22.3 Å². The largest absolute Gasteiger partial charge is 0.489 e. The number of carbonyl (C=O) groups excluding carboxylic acids is 1. The first-order valence-corrected chi connectivity index (χ1v) is 9.80. The normalized spacial score (nSPS) is 10.5. The highest BCUT2D eigenvalue weighted by Crippen LogP contribution is 2.15. The predicted octanol–water partition coefficient (Wildman–Crippen LogP) is 5.13. The van der Waals surface area contributed by atoms with Gasteiger partial charge in [-0.15, -0.1) is 0 Å². The van der Waals surface area contributed by atoms with Gasteiger partial charge in [-0.25, -0.2) is 5.48 Å². The molecule has 0 bridgehead atoms. The van der Waals surface area contributed by atoms with Gasteiger partial charge >= 0.3 is 0 Å². The number of nitrogens with one attached hydrogen (secondary N) is 1. The van der Waals surface area contributed by atoms with Crippen LogP contribution < -0.4 is 10.2 Å². The maximum atomic E-state index is 11.9. The molecule has 0 atom stereocenters. The van der Waals surface area contributed by atoms with Crippen LogP contribution in [0.2, 0.25) is 0 Å². The summed E-state index contributed by atoms with van der Waals surface area (Å²) in [5.74, 6) is 0.615. The van der Waals surface area contributed by atoms with Crippen LogP contribution in [0.15, 0.2) is 77.3 Å². The van der Waals surface area contributed by atoms with E-state index in [1.54, 1.807) is 0 Å². The summed E-state index contributed by atoms with van der Waals surface area (Å²) in [4.78, 5) is 17.2. The summed E-state index contributed by atoms with van der Waals surface area (Å²) in [6.07, 6.45) is 0.277. The Morgan fingerprint density at radius 3 is 2.07 bits per heavy atom. The van der Waals surface area contributed by atoms with E-state index in [0.29, 0.717) is 13.2 Å². The first kappa shape index (κ1) is 20.1. The molecule has 3 aromatic rings. The Balaban J connectivity index is 1.39. The zero-order chi connectivity index (χ0) is 19.8. The average Bonchev–Trinajstić information content (AvgIpc) is 2.70. The maximum Gasteiger partial charge on any atom is 0.247 e. The second kappa shape index (κ2) is 10.1. The van der Waals surface area contributed by atoms with Crippen LogP contribution in [0, 0.1) is 6.92 Å². The molecule has 0 aliphatic heterocycles. The average molecular weight is 440 g/mol. The minimum absolute atomic E-state index is 0.180. The molecule has 4 nitrogen and oxygen atoms in total. The first-order valence-electron chi connectivity index (χ1n) is 9.01. The SMILES string of the molecule is Cc1ccc(COc2ccc(CONC(=O)Cc3ccc(Br)cc3)cc2)cc1. The highest BCUT2D eigenvalue weighted by atomic mass is 79.9. The van der Waals surface area contributed by atoms with Crippen LogP contribution in [0.25, 0.3) is 0 Å². The number of hydroxylamine groups is 1. The molecule has 1 N–H and O–H groups in total. The van der Waals surface area contributed by atoms with Crippen LogP contribution in [0.3, 0.4) is 0 Å². The molecule has 0 saturated carbocycles. The minimum Gasteiger partial charge on any atom is -0.489 e. The quantitative estimate of drug-likeness (QED) is 0.495. The molecule has 0 saturated heterocycles. The van der Waals surface area contributed by atoms with Gasteiger partial charge in [0, 0.05) is 4.47 Å². The van der Waals surface area contributed by atoms with E-state index < -0.39 is 0 Å². The summed E-state index contributed by atoms with van der Waals surface area (Å²) in [6.45, 7) is 2.89. The summed E-state index contributed by atoms with van der Waals surface area (Å²) < 4.78 is 6.78. The Bertz CT molecular complexity index is 891. The van der Waals surface area contributed by atoms with Crippen molar-refractivity contribution in [2.75, 3.05) is 0 Å². The van der Waals surface area contributed by atoms with Crippen LogP contribution in [-0.4, -0.2) is 5.91 Å². The van der Waals surface area contributed by atoms with Crippen molar-refractivity contribution in [3.05, 3.63) is 99.5 Å². The van der Waals surface area contributed by atoms with Crippen LogP contribution in [0.5, 0.6) is 5.75 Å². The number of halogens is 1. The fourth-order valence-corrected chi connectivity index (χ4v) is 2.82. The van der Waals surface area contributed by atoms with Gasteiger partial charge < -0.3 is 4.74 Å². The van der Waals surface area contributed by atoms with Crippen LogP contribution in [0.4, 0.5) is 0 Å². The summed E-state index contributed by atoms with van der Waals surface area (Å²) >= 11 is 3.37. The van der Waals surface area contributed by atoms with Gasteiger partial charge in [0.2, 0.25) is 5.91 Å². The minimum atomic E-state index is -0.180. The highest BCUT2D eigenvalue weighted by molar-refractivity contribution is 9.10. The second-order valence-electron chi connectivity index (χ2n) is 6.54. The van der Waals surface area contributed by atoms with E-state index in [1.165, 1.54) is 5.56 Å². The van der Waals surface area contributed by atoms with Gasteiger partial charge in [-0.05, 0) is 47.9 Å². The first-order chi connectivity index (χ1) is 13.6. The molecule has 0 fully saturated rings. The number of amides is 1. The molecule has 1 amide bonds. The van der Waals surface area contributed by atoms with E-state index in [2.05, 4.69) is 52.6 Å². The Labute approximate surface area is 173 Å². The summed E-state index contributed by atoms with van der Waals surface area (Å²) in [5, 5.41) is 0. The summed E-state index contributed by atoms with van der Waals surface area (Å²) in [7, 11) is 0. The Morgan fingerprint density at radius 1 is 0.821 bits per heavy atom. The lowest BCUT2D eigenvalue weighted by atomic mass is 10.1. The van der Waals surface area contributed by atoms with Crippen molar-refractivity contribution in [1.29, 1.82) is 0 Å². The molecule has 0 aromatic heterocycles. The van der Waals surface area contributed by atoms with Crippen LogP contribution in [-0.2, 0) is 29.3 Å². The van der Waals surface area contributed by atoms with Gasteiger partial charge in [0.05, 0.1) is 13.0 Å². The molecule has 3 aromatic carbocycles. The molecular formula is C23H22BrNO3. The molecule has 0 unspecified atom stereocenters. The Morgan fingerprint density at radius 2 is 1.39 bits per heavy atom. The smallest absolute Gasteiger partial charge is 0.247 e. The predicted molar refractivity (Wildman–Crippen MR) is 113 cm³/mol. The van der Waals surface area contributed by atoms with E-state index in [0.717, 1.165) is 26.9 Å². The highest BCUT2D eigenvalue weighted by Gasteiger charge is 2.04. The number of hydrogen-bond donors (Lipinski definition) is 1. The third kappa shape index (κ3) is 6.51. The second-order valence-corrected chi connectivity index (χ2v) is 7.45. The van der Waals surface area contributed by atoms with E-state index in [1.807, 2.05) is 48.5 Å². The summed E-state index contributed by atoms with van der Waals surface area (Å²) in [6, 6.07) is 23.5. The molecule has 0 aliphatic rings. The van der Waals surface area contributed by atoms with Crippen molar-refractivity contribution in [3.8, 4) is 5.75 Å². The van der Waals surface area contributed by atoms with Gasteiger partial charge in [-0.1, -0.05) is 70.0 Å². The maximum absolute atomic E-state index is 11.9. The van der Waals surface area contributed by atoms with Gasteiger partial charge in [-0.3, -0.25) is 9.63 Å². The van der Waals surface area contributed by atoms with E-state index in [-0.39, 0.29) is 12.3 Å². The van der Waals surface area contributed by atoms with Gasteiger partial charge in [0.15, 0.2) is 0 Å². The molecular weight excluding hydrogens is 418 g/mol. The number of ether oxygens (including phenoxy) is 1. The number of benzene rings is 3. The van der Waals surface area contributed by atoms with Crippen LogP contribution >= 0.6 is 15.9 Å². The lowest BCUT2D eigenvalue weighted by Gasteiger charge is -2.09. The van der Waals surface area contributed by atoms with Crippen molar-refractivity contribution in [2.24, 2.45) is 0 Å². The molecule has 144 valence electrons. The topological polar surface area (TPSA) is 47.6 Å². The lowest BCUT2D eigenvalue weighted by molar-refractivity contribution is -0.133.